The minimum absolute atomic E-state index is 0.124. The molecule has 1 aromatic heterocycles. The molecular formula is C23H25F3N6. The Kier molecular flexibility index (Phi) is 5.21. The van der Waals surface area contributed by atoms with Crippen LogP contribution in [0.4, 0.5) is 24.7 Å². The molecule has 4 heterocycles. The lowest BCUT2D eigenvalue weighted by Gasteiger charge is -2.38. The molecule has 0 saturated carbocycles. The number of nitrogens with zero attached hydrogens (tertiary/aromatic N) is 4. The fraction of sp³-hybridized carbons (Fsp3) is 0.348. The average molecular weight is 442 g/mol. The molecule has 1 aromatic carbocycles. The van der Waals surface area contributed by atoms with Gasteiger partial charge in [-0.3, -0.25) is 5.01 Å². The first kappa shape index (κ1) is 20.7. The van der Waals surface area contributed by atoms with E-state index in [1.807, 2.05) is 29.6 Å². The predicted molar refractivity (Wildman–Crippen MR) is 119 cm³/mol. The molecule has 0 unspecified atom stereocenters. The second-order valence-electron chi connectivity index (χ2n) is 8.26. The van der Waals surface area contributed by atoms with Gasteiger partial charge in [0.25, 0.3) is 0 Å². The van der Waals surface area contributed by atoms with Crippen molar-refractivity contribution in [3.05, 3.63) is 71.8 Å². The van der Waals surface area contributed by atoms with Crippen LogP contribution in [0, 0.1) is 0 Å². The van der Waals surface area contributed by atoms with Crippen LogP contribution in [0.1, 0.15) is 18.1 Å². The fourth-order valence-electron chi connectivity index (χ4n) is 4.35. The van der Waals surface area contributed by atoms with E-state index in [9.17, 15) is 13.2 Å². The van der Waals surface area contributed by atoms with Crippen LogP contribution in [0.3, 0.4) is 0 Å². The number of pyridine rings is 1. The molecule has 3 aliphatic heterocycles. The van der Waals surface area contributed by atoms with Crippen LogP contribution in [0.2, 0.25) is 0 Å². The van der Waals surface area contributed by atoms with Gasteiger partial charge in [0.15, 0.2) is 0 Å². The van der Waals surface area contributed by atoms with Gasteiger partial charge in [-0.05, 0) is 43.3 Å². The zero-order chi connectivity index (χ0) is 22.3. The Hall–Kier alpha value is -3.20. The van der Waals surface area contributed by atoms with Gasteiger partial charge in [0.1, 0.15) is 5.82 Å². The summed E-state index contributed by atoms with van der Waals surface area (Å²) in [5, 5.41) is 5.43. The zero-order valence-electron chi connectivity index (χ0n) is 17.7. The van der Waals surface area contributed by atoms with Gasteiger partial charge in [-0.25, -0.2) is 4.98 Å². The summed E-state index contributed by atoms with van der Waals surface area (Å²) in [6, 6.07) is 9.56. The number of hydrogen-bond donors (Lipinski definition) is 2. The number of alkyl halides is 3. The van der Waals surface area contributed by atoms with E-state index < -0.39 is 11.7 Å². The number of hydrazine groups is 1. The number of hydrogen-bond acceptors (Lipinski definition) is 6. The highest BCUT2D eigenvalue weighted by Gasteiger charge is 2.33. The first-order valence-corrected chi connectivity index (χ1v) is 10.7. The maximum absolute atomic E-state index is 12.9. The van der Waals surface area contributed by atoms with E-state index in [0.717, 1.165) is 66.7 Å². The van der Waals surface area contributed by atoms with Crippen LogP contribution >= 0.6 is 0 Å². The van der Waals surface area contributed by atoms with Gasteiger partial charge in [0.2, 0.25) is 0 Å². The lowest BCUT2D eigenvalue weighted by molar-refractivity contribution is -0.137. The summed E-state index contributed by atoms with van der Waals surface area (Å²) in [5.74, 6) is 0.969. The number of benzene rings is 1. The van der Waals surface area contributed by atoms with Crippen molar-refractivity contribution in [2.24, 2.45) is 0 Å². The summed E-state index contributed by atoms with van der Waals surface area (Å²) < 4.78 is 38.8. The third-order valence-electron chi connectivity index (χ3n) is 6.09. The Morgan fingerprint density at radius 2 is 1.78 bits per heavy atom. The lowest BCUT2D eigenvalue weighted by Crippen LogP contribution is -2.47. The molecule has 0 amide bonds. The van der Waals surface area contributed by atoms with Gasteiger partial charge >= 0.3 is 6.18 Å². The maximum Gasteiger partial charge on any atom is 0.416 e. The normalized spacial score (nSPS) is 21.1. The van der Waals surface area contributed by atoms with Crippen molar-refractivity contribution < 1.29 is 13.2 Å². The topological polar surface area (TPSA) is 46.7 Å². The van der Waals surface area contributed by atoms with Crippen molar-refractivity contribution in [1.82, 2.24) is 20.7 Å². The molecule has 168 valence electrons. The van der Waals surface area contributed by atoms with Crippen molar-refractivity contribution in [1.29, 1.82) is 0 Å². The van der Waals surface area contributed by atoms with Crippen molar-refractivity contribution >= 4 is 17.1 Å². The SMILES string of the molecule is C[C@H]1CN(c2ccc(C(F)(F)F)cc2)C=C2C(c3ccc(N4CCNCC4)nc3)=CNN21. The molecule has 0 radical (unpaired) electrons. The molecule has 2 aromatic rings. The van der Waals surface area contributed by atoms with Gasteiger partial charge in [-0.15, -0.1) is 0 Å². The number of rotatable bonds is 3. The highest BCUT2D eigenvalue weighted by Crippen LogP contribution is 2.36. The van der Waals surface area contributed by atoms with Crippen LogP contribution < -0.4 is 20.5 Å². The second kappa shape index (κ2) is 8.05. The molecule has 2 N–H and O–H groups in total. The third-order valence-corrected chi connectivity index (χ3v) is 6.09. The highest BCUT2D eigenvalue weighted by molar-refractivity contribution is 5.81. The number of aromatic nitrogens is 1. The Morgan fingerprint density at radius 1 is 1.03 bits per heavy atom. The van der Waals surface area contributed by atoms with Crippen LogP contribution in [-0.2, 0) is 6.18 Å². The number of allylic oxidation sites excluding steroid dienone is 1. The van der Waals surface area contributed by atoms with E-state index in [1.165, 1.54) is 12.1 Å². The van der Waals surface area contributed by atoms with Gasteiger partial charge < -0.3 is 20.5 Å². The molecule has 32 heavy (non-hydrogen) atoms. The molecule has 3 aliphatic rings. The van der Waals surface area contributed by atoms with E-state index in [4.69, 9.17) is 0 Å². The van der Waals surface area contributed by atoms with Gasteiger partial charge in [-0.1, -0.05) is 0 Å². The van der Waals surface area contributed by atoms with Crippen molar-refractivity contribution in [2.45, 2.75) is 19.1 Å². The Morgan fingerprint density at radius 3 is 2.44 bits per heavy atom. The monoisotopic (exact) mass is 442 g/mol. The van der Waals surface area contributed by atoms with E-state index >= 15 is 0 Å². The summed E-state index contributed by atoms with van der Waals surface area (Å²) in [4.78, 5) is 8.94. The molecular weight excluding hydrogens is 417 g/mol. The van der Waals surface area contributed by atoms with Gasteiger partial charge in [0, 0.05) is 68.1 Å². The van der Waals surface area contributed by atoms with Crippen LogP contribution in [0.15, 0.2) is 60.7 Å². The van der Waals surface area contributed by atoms with Crippen LogP contribution in [0.25, 0.3) is 5.57 Å². The summed E-state index contributed by atoms with van der Waals surface area (Å²) in [5.41, 5.74) is 6.38. The van der Waals surface area contributed by atoms with Crippen molar-refractivity contribution in [3.63, 3.8) is 0 Å². The Balaban J connectivity index is 1.39. The van der Waals surface area contributed by atoms with Gasteiger partial charge in [0.05, 0.1) is 17.3 Å². The molecule has 0 aliphatic carbocycles. The summed E-state index contributed by atoms with van der Waals surface area (Å²) in [7, 11) is 0. The second-order valence-corrected chi connectivity index (χ2v) is 8.26. The average Bonchev–Trinajstić information content (AvgIpc) is 3.24. The van der Waals surface area contributed by atoms with E-state index in [1.54, 1.807) is 0 Å². The van der Waals surface area contributed by atoms with E-state index in [0.29, 0.717) is 6.54 Å². The number of fused-ring (bicyclic) bond motifs is 1. The number of anilines is 2. The first-order valence-electron chi connectivity index (χ1n) is 10.7. The Labute approximate surface area is 185 Å². The molecule has 9 heteroatoms. The number of nitrogens with one attached hydrogen (secondary N) is 2. The van der Waals surface area contributed by atoms with Crippen LogP contribution in [-0.4, -0.2) is 48.8 Å². The smallest absolute Gasteiger partial charge is 0.354 e. The standard InChI is InChI=1S/C23H25F3N6/c1-16-14-31(19-5-3-18(4-6-19)23(24,25)26)15-21-20(13-29-32(16)21)17-2-7-22(28-12-17)30-10-8-27-9-11-30/h2-7,12-13,15-16,27,29H,8-11,14H2,1H3/t16-/m0/s1. The highest BCUT2D eigenvalue weighted by atomic mass is 19.4. The minimum Gasteiger partial charge on any atom is -0.354 e. The number of piperazine rings is 1. The van der Waals surface area contributed by atoms with Crippen LogP contribution in [0.5, 0.6) is 0 Å². The first-order chi connectivity index (χ1) is 15.4. The fourth-order valence-corrected chi connectivity index (χ4v) is 4.35. The molecule has 1 fully saturated rings. The summed E-state index contributed by atoms with van der Waals surface area (Å²) in [6.45, 7) is 6.53. The molecule has 1 saturated heterocycles. The van der Waals surface area contributed by atoms with Crippen molar-refractivity contribution in [2.75, 3.05) is 42.5 Å². The van der Waals surface area contributed by atoms with E-state index in [2.05, 4.69) is 38.6 Å². The lowest BCUT2D eigenvalue weighted by atomic mass is 10.0. The number of halogens is 3. The summed E-state index contributed by atoms with van der Waals surface area (Å²) >= 11 is 0. The minimum atomic E-state index is -4.34. The Bertz CT molecular complexity index is 1020. The summed E-state index contributed by atoms with van der Waals surface area (Å²) in [6.07, 6.45) is 1.49. The molecule has 0 bridgehead atoms. The largest absolute Gasteiger partial charge is 0.416 e. The van der Waals surface area contributed by atoms with Gasteiger partial charge in [-0.2, -0.15) is 13.2 Å². The van der Waals surface area contributed by atoms with E-state index in [-0.39, 0.29) is 6.04 Å². The molecule has 6 nitrogen and oxygen atoms in total. The molecule has 5 rings (SSSR count). The third kappa shape index (κ3) is 3.88. The molecule has 1 atom stereocenters. The zero-order valence-corrected chi connectivity index (χ0v) is 17.7. The quantitative estimate of drug-likeness (QED) is 0.760. The molecule has 0 spiro atoms. The predicted octanol–water partition coefficient (Wildman–Crippen LogP) is 3.42. The van der Waals surface area contributed by atoms with Crippen molar-refractivity contribution in [3.8, 4) is 0 Å². The maximum atomic E-state index is 12.9.